The summed E-state index contributed by atoms with van der Waals surface area (Å²) in [5, 5.41) is 5.51. The first-order chi connectivity index (χ1) is 11.9. The third-order valence-electron chi connectivity index (χ3n) is 3.57. The highest BCUT2D eigenvalue weighted by Crippen LogP contribution is 2.27. The summed E-state index contributed by atoms with van der Waals surface area (Å²) >= 11 is 5.91. The summed E-state index contributed by atoms with van der Waals surface area (Å²) in [6.45, 7) is 0.222. The molecule has 0 aliphatic heterocycles. The van der Waals surface area contributed by atoms with E-state index in [9.17, 15) is 9.59 Å². The largest absolute Gasteiger partial charge is 0.495 e. The van der Waals surface area contributed by atoms with Crippen molar-refractivity contribution >= 4 is 29.1 Å². The highest BCUT2D eigenvalue weighted by molar-refractivity contribution is 6.40. The first-order valence-electron chi connectivity index (χ1n) is 7.55. The minimum atomic E-state index is -0.808. The molecule has 1 atom stereocenters. The number of furan rings is 1. The normalized spacial score (nSPS) is 11.9. The minimum Gasteiger partial charge on any atom is -0.495 e. The molecule has 2 amide bonds. The van der Waals surface area contributed by atoms with Crippen molar-refractivity contribution in [2.45, 2.75) is 6.04 Å². The van der Waals surface area contributed by atoms with E-state index >= 15 is 0 Å². The molecule has 0 saturated heterocycles. The number of halogens is 1. The van der Waals surface area contributed by atoms with Gasteiger partial charge in [0.25, 0.3) is 0 Å². The maximum absolute atomic E-state index is 12.1. The first-order valence-corrected chi connectivity index (χ1v) is 7.92. The zero-order chi connectivity index (χ0) is 18.4. The van der Waals surface area contributed by atoms with Crippen LogP contribution in [0.3, 0.4) is 0 Å². The number of nitrogens with zero attached hydrogens (tertiary/aromatic N) is 1. The van der Waals surface area contributed by atoms with Crippen molar-refractivity contribution in [3.05, 3.63) is 47.4 Å². The van der Waals surface area contributed by atoms with Gasteiger partial charge in [0.05, 0.1) is 25.1 Å². The average molecular weight is 366 g/mol. The second-order valence-electron chi connectivity index (χ2n) is 5.50. The van der Waals surface area contributed by atoms with Crippen molar-refractivity contribution in [2.75, 3.05) is 33.1 Å². The van der Waals surface area contributed by atoms with E-state index in [0.29, 0.717) is 22.2 Å². The fourth-order valence-electron chi connectivity index (χ4n) is 2.25. The number of carbonyl (C=O) groups excluding carboxylic acids is 2. The van der Waals surface area contributed by atoms with E-state index < -0.39 is 11.8 Å². The van der Waals surface area contributed by atoms with Crippen molar-refractivity contribution in [3.8, 4) is 5.75 Å². The van der Waals surface area contributed by atoms with Gasteiger partial charge in [-0.3, -0.25) is 14.5 Å². The van der Waals surface area contributed by atoms with Crippen LogP contribution in [0.25, 0.3) is 0 Å². The second-order valence-corrected chi connectivity index (χ2v) is 5.94. The zero-order valence-corrected chi connectivity index (χ0v) is 15.0. The van der Waals surface area contributed by atoms with Gasteiger partial charge in [0.2, 0.25) is 0 Å². The summed E-state index contributed by atoms with van der Waals surface area (Å²) in [5.74, 6) is -0.465. The Morgan fingerprint density at radius 3 is 2.64 bits per heavy atom. The van der Waals surface area contributed by atoms with E-state index in [0.717, 1.165) is 0 Å². The molecule has 0 radical (unpaired) electrons. The van der Waals surface area contributed by atoms with Crippen LogP contribution in [0.1, 0.15) is 11.8 Å². The Balaban J connectivity index is 1.98. The summed E-state index contributed by atoms with van der Waals surface area (Å²) in [6.07, 6.45) is 1.56. The lowest BCUT2D eigenvalue weighted by molar-refractivity contribution is -0.136. The Kier molecular flexibility index (Phi) is 6.44. The van der Waals surface area contributed by atoms with Gasteiger partial charge in [0.1, 0.15) is 11.5 Å². The molecule has 8 heteroatoms. The van der Waals surface area contributed by atoms with Gasteiger partial charge < -0.3 is 19.8 Å². The number of nitrogens with one attached hydrogen (secondary N) is 2. The van der Waals surface area contributed by atoms with Crippen LogP contribution in [0.2, 0.25) is 5.02 Å². The van der Waals surface area contributed by atoms with Crippen LogP contribution < -0.4 is 15.4 Å². The van der Waals surface area contributed by atoms with E-state index in [1.54, 1.807) is 24.5 Å². The Labute approximate surface area is 150 Å². The van der Waals surface area contributed by atoms with E-state index in [-0.39, 0.29) is 12.6 Å². The molecule has 134 valence electrons. The van der Waals surface area contributed by atoms with Gasteiger partial charge in [0, 0.05) is 11.6 Å². The summed E-state index contributed by atoms with van der Waals surface area (Å²) in [6, 6.07) is 8.14. The molecule has 1 aromatic carbocycles. The highest BCUT2D eigenvalue weighted by Gasteiger charge is 2.21. The number of rotatable bonds is 6. The molecule has 1 unspecified atom stereocenters. The number of ether oxygens (including phenoxy) is 1. The summed E-state index contributed by atoms with van der Waals surface area (Å²) in [7, 11) is 5.18. The van der Waals surface area contributed by atoms with E-state index in [4.69, 9.17) is 20.8 Å². The van der Waals surface area contributed by atoms with Crippen LogP contribution in [0.15, 0.2) is 41.0 Å². The maximum atomic E-state index is 12.1. The van der Waals surface area contributed by atoms with Crippen molar-refractivity contribution in [1.82, 2.24) is 10.2 Å². The molecule has 25 heavy (non-hydrogen) atoms. The minimum absolute atomic E-state index is 0.188. The SMILES string of the molecule is COc1ccc(Cl)cc1NC(=O)C(=O)NCC(c1ccco1)N(C)C. The molecule has 2 N–H and O–H groups in total. The first kappa shape index (κ1) is 18.8. The zero-order valence-electron chi connectivity index (χ0n) is 14.2. The Morgan fingerprint density at radius 2 is 2.04 bits per heavy atom. The molecular weight excluding hydrogens is 346 g/mol. The van der Waals surface area contributed by atoms with Crippen molar-refractivity contribution < 1.29 is 18.7 Å². The van der Waals surface area contributed by atoms with Gasteiger partial charge >= 0.3 is 11.8 Å². The molecule has 0 bridgehead atoms. The highest BCUT2D eigenvalue weighted by atomic mass is 35.5. The smallest absolute Gasteiger partial charge is 0.313 e. The topological polar surface area (TPSA) is 83.8 Å². The van der Waals surface area contributed by atoms with Crippen LogP contribution in [-0.4, -0.2) is 44.5 Å². The number of likely N-dealkylation sites (N-methyl/N-ethyl adjacent to an activating group) is 1. The van der Waals surface area contributed by atoms with Gasteiger partial charge in [0.15, 0.2) is 0 Å². The van der Waals surface area contributed by atoms with Gasteiger partial charge in [-0.2, -0.15) is 0 Å². The molecule has 1 aromatic heterocycles. The molecule has 0 spiro atoms. The third kappa shape index (κ3) is 4.98. The number of benzene rings is 1. The van der Waals surface area contributed by atoms with Gasteiger partial charge in [-0.05, 0) is 44.4 Å². The summed E-state index contributed by atoms with van der Waals surface area (Å²) in [5.41, 5.74) is 0.324. The molecular formula is C17H20ClN3O4. The third-order valence-corrected chi connectivity index (χ3v) is 3.80. The summed E-state index contributed by atoms with van der Waals surface area (Å²) < 4.78 is 10.5. The number of anilines is 1. The standard InChI is InChI=1S/C17H20ClN3O4/c1-21(2)13(15-5-4-8-25-15)10-19-16(22)17(23)20-12-9-11(18)6-7-14(12)24-3/h4-9,13H,10H2,1-3H3,(H,19,22)(H,20,23). The Bertz CT molecular complexity index is 731. The van der Waals surface area contributed by atoms with E-state index in [1.165, 1.54) is 13.2 Å². The second kappa shape index (κ2) is 8.55. The molecule has 7 nitrogen and oxygen atoms in total. The predicted molar refractivity (Wildman–Crippen MR) is 94.8 cm³/mol. The number of carbonyl (C=O) groups is 2. The maximum Gasteiger partial charge on any atom is 0.313 e. The molecule has 0 saturated carbocycles. The average Bonchev–Trinajstić information content (AvgIpc) is 3.09. The van der Waals surface area contributed by atoms with Crippen LogP contribution in [-0.2, 0) is 9.59 Å². The lowest BCUT2D eigenvalue weighted by Crippen LogP contribution is -2.40. The van der Waals surface area contributed by atoms with Crippen LogP contribution in [0.5, 0.6) is 5.75 Å². The predicted octanol–water partition coefficient (Wildman–Crippen LogP) is 2.30. The molecule has 0 aliphatic rings. The van der Waals surface area contributed by atoms with Crippen LogP contribution in [0, 0.1) is 0 Å². The van der Waals surface area contributed by atoms with Crippen molar-refractivity contribution in [3.63, 3.8) is 0 Å². The lowest BCUT2D eigenvalue weighted by Gasteiger charge is -2.22. The van der Waals surface area contributed by atoms with Crippen LogP contribution >= 0.6 is 11.6 Å². The van der Waals surface area contributed by atoms with Crippen molar-refractivity contribution in [2.24, 2.45) is 0 Å². The Morgan fingerprint density at radius 1 is 1.28 bits per heavy atom. The number of amides is 2. The van der Waals surface area contributed by atoms with Gasteiger partial charge in [-0.25, -0.2) is 0 Å². The fourth-order valence-corrected chi connectivity index (χ4v) is 2.42. The van der Waals surface area contributed by atoms with Crippen LogP contribution in [0.4, 0.5) is 5.69 Å². The molecule has 0 fully saturated rings. The number of hydrogen-bond acceptors (Lipinski definition) is 5. The Hall–Kier alpha value is -2.51. The monoisotopic (exact) mass is 365 g/mol. The molecule has 1 heterocycles. The van der Waals surface area contributed by atoms with E-state index in [1.807, 2.05) is 25.1 Å². The summed E-state index contributed by atoms with van der Waals surface area (Å²) in [4.78, 5) is 26.1. The van der Waals surface area contributed by atoms with E-state index in [2.05, 4.69) is 10.6 Å². The molecule has 0 aliphatic carbocycles. The van der Waals surface area contributed by atoms with Gasteiger partial charge in [-0.15, -0.1) is 0 Å². The quantitative estimate of drug-likeness (QED) is 0.767. The number of hydrogen-bond donors (Lipinski definition) is 2. The van der Waals surface area contributed by atoms with Crippen molar-refractivity contribution in [1.29, 1.82) is 0 Å². The lowest BCUT2D eigenvalue weighted by atomic mass is 10.2. The molecule has 2 aromatic rings. The molecule has 2 rings (SSSR count). The van der Waals surface area contributed by atoms with Gasteiger partial charge in [-0.1, -0.05) is 11.6 Å². The fraction of sp³-hybridized carbons (Fsp3) is 0.294. The number of methoxy groups -OCH3 is 1.